The minimum atomic E-state index is -0.540. The summed E-state index contributed by atoms with van der Waals surface area (Å²) in [5.74, 6) is 0.662. The van der Waals surface area contributed by atoms with Gasteiger partial charge in [-0.15, -0.1) is 11.8 Å². The number of hydrogen-bond donors (Lipinski definition) is 0. The molecule has 3 aliphatic heterocycles. The van der Waals surface area contributed by atoms with E-state index < -0.39 is 5.54 Å². The summed E-state index contributed by atoms with van der Waals surface area (Å²) in [5.41, 5.74) is 3.47. The van der Waals surface area contributed by atoms with Crippen molar-refractivity contribution in [3.63, 3.8) is 0 Å². The third kappa shape index (κ3) is 13.0. The van der Waals surface area contributed by atoms with Crippen LogP contribution in [-0.4, -0.2) is 121 Å². The highest BCUT2D eigenvalue weighted by atomic mass is 32.2. The highest BCUT2D eigenvalue weighted by molar-refractivity contribution is 7.98. The van der Waals surface area contributed by atoms with Crippen LogP contribution >= 0.6 is 11.8 Å². The van der Waals surface area contributed by atoms with Crippen molar-refractivity contribution in [2.45, 2.75) is 107 Å². The molecule has 4 aromatic rings. The van der Waals surface area contributed by atoms with E-state index in [0.29, 0.717) is 6.42 Å². The number of morpholine rings is 1. The van der Waals surface area contributed by atoms with E-state index in [2.05, 4.69) is 70.9 Å². The number of thioether (sulfide) groups is 1. The molecule has 1 atom stereocenters. The SMILES string of the molecule is CC(C)(C(=O)c1ccccc1)N1CCCCC1.CCC(Cc1ccccc1)(C(=O)c1ccc(N2CCOCC2)cc1)N(C)C.CSc1ccc(C(=O)C(C)(C)N2CCCCC2)cc1. The minimum Gasteiger partial charge on any atom is -0.378 e. The van der Waals surface area contributed by atoms with E-state index in [1.165, 1.54) is 49.0 Å². The molecule has 0 aliphatic carbocycles. The Morgan fingerprint density at radius 1 is 0.571 bits per heavy atom. The van der Waals surface area contributed by atoms with Gasteiger partial charge in [-0.1, -0.05) is 92.6 Å². The van der Waals surface area contributed by atoms with E-state index in [4.69, 9.17) is 4.74 Å². The molecule has 3 saturated heterocycles. The number of ketones is 3. The third-order valence-corrected chi connectivity index (χ3v) is 14.2. The molecule has 3 aliphatic rings. The number of hydrogen-bond acceptors (Lipinski definition) is 9. The summed E-state index contributed by atoms with van der Waals surface area (Å²) in [6.45, 7) is 17.8. The summed E-state index contributed by atoms with van der Waals surface area (Å²) in [6.07, 6.45) is 11.0. The molecular formula is C54H74N4O4S. The number of benzene rings is 4. The molecule has 0 N–H and O–H groups in total. The Kier molecular flexibility index (Phi) is 18.8. The smallest absolute Gasteiger partial charge is 0.183 e. The molecule has 0 aromatic heterocycles. The average Bonchev–Trinajstić information content (AvgIpc) is 3.34. The lowest BCUT2D eigenvalue weighted by Gasteiger charge is -2.39. The van der Waals surface area contributed by atoms with Gasteiger partial charge in [-0.3, -0.25) is 29.1 Å². The number of piperidine rings is 2. The molecule has 8 nitrogen and oxygen atoms in total. The number of carbonyl (C=O) groups excluding carboxylic acids is 3. The molecule has 9 heteroatoms. The van der Waals surface area contributed by atoms with Crippen LogP contribution in [0.15, 0.2) is 114 Å². The summed E-state index contributed by atoms with van der Waals surface area (Å²) in [4.78, 5) is 49.0. The van der Waals surface area contributed by atoms with Crippen LogP contribution in [0.4, 0.5) is 5.69 Å². The second kappa shape index (κ2) is 23.7. The van der Waals surface area contributed by atoms with E-state index in [1.807, 2.05) is 113 Å². The zero-order valence-electron chi connectivity index (χ0n) is 39.5. The molecule has 340 valence electrons. The number of carbonyl (C=O) groups is 3. The maximum atomic E-state index is 13.6. The van der Waals surface area contributed by atoms with Gasteiger partial charge in [0.15, 0.2) is 17.3 Å². The highest BCUT2D eigenvalue weighted by Gasteiger charge is 2.40. The Balaban J connectivity index is 0.000000184. The molecule has 0 radical (unpaired) electrons. The Bertz CT molecular complexity index is 2000. The van der Waals surface area contributed by atoms with Crippen LogP contribution in [0.1, 0.15) is 116 Å². The second-order valence-electron chi connectivity index (χ2n) is 18.4. The van der Waals surface area contributed by atoms with Crippen molar-refractivity contribution in [1.29, 1.82) is 0 Å². The molecule has 63 heavy (non-hydrogen) atoms. The topological polar surface area (TPSA) is 73.4 Å². The van der Waals surface area contributed by atoms with Gasteiger partial charge in [-0.2, -0.15) is 0 Å². The molecular weight excluding hydrogens is 801 g/mol. The van der Waals surface area contributed by atoms with Crippen molar-refractivity contribution in [3.8, 4) is 0 Å². The van der Waals surface area contributed by atoms with E-state index in [-0.39, 0.29) is 28.4 Å². The first-order chi connectivity index (χ1) is 30.2. The van der Waals surface area contributed by atoms with Gasteiger partial charge >= 0.3 is 0 Å². The summed E-state index contributed by atoms with van der Waals surface area (Å²) in [6, 6.07) is 36.0. The maximum Gasteiger partial charge on any atom is 0.183 e. The summed E-state index contributed by atoms with van der Waals surface area (Å²) in [7, 11) is 4.01. The Hall–Kier alpha value is -4.12. The highest BCUT2D eigenvalue weighted by Crippen LogP contribution is 2.30. The van der Waals surface area contributed by atoms with Crippen LogP contribution in [0.3, 0.4) is 0 Å². The number of likely N-dealkylation sites (tertiary alicyclic amines) is 2. The standard InChI is InChI=1S/C23H30N2O2.C16H23NOS.C15H21NO/c1-4-23(24(2)3,18-19-8-6-5-7-9-19)22(26)20-10-12-21(13-11-20)25-14-16-27-17-15-25;1-16(2,17-11-5-4-6-12-17)15(18)13-7-9-14(19-3)10-8-13;1-15(2,16-11-7-4-8-12-16)14(17)13-9-5-3-6-10-13/h5-13H,4,14-18H2,1-3H3;7-10H,4-6,11-12H2,1-3H3;3,5-6,9-10H,4,7-8,11-12H2,1-2H3. The van der Waals surface area contributed by atoms with Crippen molar-refractivity contribution >= 4 is 34.8 Å². The third-order valence-electron chi connectivity index (χ3n) is 13.5. The molecule has 0 saturated carbocycles. The molecule has 7 rings (SSSR count). The zero-order chi connectivity index (χ0) is 45.5. The van der Waals surface area contributed by atoms with Crippen LogP contribution in [0.25, 0.3) is 0 Å². The molecule has 0 spiro atoms. The normalized spacial score (nSPS) is 17.4. The lowest BCUT2D eigenvalue weighted by molar-refractivity contribution is 0.0576. The number of rotatable bonds is 14. The van der Waals surface area contributed by atoms with E-state index in [1.54, 1.807) is 11.8 Å². The van der Waals surface area contributed by atoms with Crippen molar-refractivity contribution in [3.05, 3.63) is 131 Å². The van der Waals surface area contributed by atoms with Gasteiger partial charge in [0.05, 0.1) is 29.8 Å². The molecule has 1 unspecified atom stereocenters. The summed E-state index contributed by atoms with van der Waals surface area (Å²) in [5, 5.41) is 0. The summed E-state index contributed by atoms with van der Waals surface area (Å²) >= 11 is 1.70. The lowest BCUT2D eigenvalue weighted by atomic mass is 9.80. The number of anilines is 1. The Labute approximate surface area is 383 Å². The van der Waals surface area contributed by atoms with E-state index in [0.717, 1.165) is 81.3 Å². The van der Waals surface area contributed by atoms with Gasteiger partial charge < -0.3 is 9.64 Å². The molecule has 0 amide bonds. The van der Waals surface area contributed by atoms with E-state index >= 15 is 0 Å². The zero-order valence-corrected chi connectivity index (χ0v) is 40.4. The van der Waals surface area contributed by atoms with Crippen molar-refractivity contribution in [2.75, 3.05) is 77.7 Å². The van der Waals surface area contributed by atoms with Crippen molar-refractivity contribution in [1.82, 2.24) is 14.7 Å². The van der Waals surface area contributed by atoms with E-state index in [9.17, 15) is 14.4 Å². The predicted octanol–water partition coefficient (Wildman–Crippen LogP) is 10.6. The molecule has 3 heterocycles. The summed E-state index contributed by atoms with van der Waals surface area (Å²) < 4.78 is 5.42. The first-order valence-corrected chi connectivity index (χ1v) is 24.4. The van der Waals surface area contributed by atoms with Gasteiger partial charge in [0.1, 0.15) is 0 Å². The van der Waals surface area contributed by atoms with Crippen LogP contribution in [-0.2, 0) is 11.2 Å². The number of nitrogens with zero attached hydrogens (tertiary/aromatic N) is 4. The predicted molar refractivity (Wildman–Crippen MR) is 263 cm³/mol. The molecule has 0 bridgehead atoms. The Morgan fingerprint density at radius 3 is 1.44 bits per heavy atom. The number of likely N-dealkylation sites (N-methyl/N-ethyl adjacent to an activating group) is 1. The van der Waals surface area contributed by atoms with Crippen LogP contribution in [0.2, 0.25) is 0 Å². The van der Waals surface area contributed by atoms with Gasteiger partial charge in [-0.05, 0) is 155 Å². The monoisotopic (exact) mass is 875 g/mol. The fourth-order valence-electron chi connectivity index (χ4n) is 9.12. The first kappa shape index (κ1) is 49.9. The van der Waals surface area contributed by atoms with Crippen molar-refractivity contribution < 1.29 is 19.1 Å². The van der Waals surface area contributed by atoms with Crippen LogP contribution in [0.5, 0.6) is 0 Å². The molecule has 4 aromatic carbocycles. The molecule has 3 fully saturated rings. The number of ether oxygens (including phenoxy) is 1. The maximum absolute atomic E-state index is 13.6. The van der Waals surface area contributed by atoms with Gasteiger partial charge in [0.25, 0.3) is 0 Å². The minimum absolute atomic E-state index is 0.187. The number of Topliss-reactive ketones (excluding diaryl/α,β-unsaturated/α-hetero) is 3. The van der Waals surface area contributed by atoms with Gasteiger partial charge in [-0.25, -0.2) is 0 Å². The lowest BCUT2D eigenvalue weighted by Crippen LogP contribution is -2.52. The van der Waals surface area contributed by atoms with Gasteiger partial charge in [0, 0.05) is 40.4 Å². The van der Waals surface area contributed by atoms with Crippen LogP contribution in [0, 0.1) is 0 Å². The van der Waals surface area contributed by atoms with Crippen molar-refractivity contribution in [2.24, 2.45) is 0 Å². The van der Waals surface area contributed by atoms with Crippen LogP contribution < -0.4 is 4.90 Å². The first-order valence-electron chi connectivity index (χ1n) is 23.2. The fourth-order valence-corrected chi connectivity index (χ4v) is 9.53. The largest absolute Gasteiger partial charge is 0.378 e. The Morgan fingerprint density at radius 2 is 1.00 bits per heavy atom. The second-order valence-corrected chi connectivity index (χ2v) is 19.3. The quantitative estimate of drug-likeness (QED) is 0.0910. The fraction of sp³-hybridized carbons (Fsp3) is 0.500. The van der Waals surface area contributed by atoms with Gasteiger partial charge in [0.2, 0.25) is 0 Å². The average molecular weight is 875 g/mol.